The van der Waals surface area contributed by atoms with E-state index < -0.39 is 0 Å². The molecule has 0 atom stereocenters. The minimum Gasteiger partial charge on any atom is -0.378 e. The van der Waals surface area contributed by atoms with Crippen LogP contribution in [0.25, 0.3) is 0 Å². The lowest BCUT2D eigenvalue weighted by Gasteiger charge is -2.27. The summed E-state index contributed by atoms with van der Waals surface area (Å²) in [5, 5.41) is 1.05. The average Bonchev–Trinajstić information content (AvgIpc) is 2.31. The van der Waals surface area contributed by atoms with E-state index in [2.05, 4.69) is 27.9 Å². The van der Waals surface area contributed by atoms with Crippen LogP contribution in [-0.2, 0) is 4.74 Å². The Morgan fingerprint density at radius 3 is 2.93 bits per heavy atom. The van der Waals surface area contributed by atoms with Crippen LogP contribution >= 0.6 is 11.8 Å². The molecule has 0 amide bonds. The van der Waals surface area contributed by atoms with E-state index in [-0.39, 0.29) is 0 Å². The van der Waals surface area contributed by atoms with Crippen molar-refractivity contribution in [3.8, 4) is 0 Å². The Balaban J connectivity index is 2.09. The highest BCUT2D eigenvalue weighted by Gasteiger charge is 2.12. The van der Waals surface area contributed by atoms with Crippen molar-refractivity contribution in [2.24, 2.45) is 0 Å². The molecule has 0 N–H and O–H groups in total. The zero-order valence-electron chi connectivity index (χ0n) is 8.85. The van der Waals surface area contributed by atoms with E-state index in [0.29, 0.717) is 0 Å². The summed E-state index contributed by atoms with van der Waals surface area (Å²) in [6, 6.07) is 2.06. The van der Waals surface area contributed by atoms with Crippen LogP contribution in [0.3, 0.4) is 0 Å². The minimum atomic E-state index is 0.792. The van der Waals surface area contributed by atoms with Crippen LogP contribution in [0.5, 0.6) is 0 Å². The predicted molar refractivity (Wildman–Crippen MR) is 61.5 cm³/mol. The zero-order chi connectivity index (χ0) is 10.5. The number of ether oxygens (including phenoxy) is 1. The van der Waals surface area contributed by atoms with Crippen molar-refractivity contribution in [2.45, 2.75) is 11.9 Å². The van der Waals surface area contributed by atoms with Gasteiger partial charge < -0.3 is 9.64 Å². The van der Waals surface area contributed by atoms with Crippen molar-refractivity contribution in [1.82, 2.24) is 9.97 Å². The van der Waals surface area contributed by atoms with Gasteiger partial charge in [-0.25, -0.2) is 9.97 Å². The van der Waals surface area contributed by atoms with E-state index in [1.165, 1.54) is 0 Å². The first-order valence-corrected chi connectivity index (χ1v) is 6.16. The molecular weight excluding hydrogens is 210 g/mol. The summed E-state index contributed by atoms with van der Waals surface area (Å²) in [7, 11) is 0. The van der Waals surface area contributed by atoms with Gasteiger partial charge in [0.15, 0.2) is 0 Å². The van der Waals surface area contributed by atoms with Crippen LogP contribution in [0.1, 0.15) is 6.92 Å². The number of anilines is 1. The third kappa shape index (κ3) is 2.82. The highest BCUT2D eigenvalue weighted by atomic mass is 32.2. The number of thioether (sulfide) groups is 1. The maximum atomic E-state index is 5.31. The monoisotopic (exact) mass is 225 g/mol. The lowest BCUT2D eigenvalue weighted by atomic mass is 10.4. The van der Waals surface area contributed by atoms with Gasteiger partial charge in [0.2, 0.25) is 0 Å². The molecule has 2 heterocycles. The molecule has 1 aliphatic heterocycles. The van der Waals surface area contributed by atoms with Gasteiger partial charge in [-0.3, -0.25) is 0 Å². The number of aromatic nitrogens is 2. The molecule has 0 unspecified atom stereocenters. The number of hydrogen-bond acceptors (Lipinski definition) is 5. The van der Waals surface area contributed by atoms with Gasteiger partial charge in [0.1, 0.15) is 17.2 Å². The summed E-state index contributed by atoms with van der Waals surface area (Å²) in [6.07, 6.45) is 1.64. The van der Waals surface area contributed by atoms with E-state index in [9.17, 15) is 0 Å². The van der Waals surface area contributed by atoms with Gasteiger partial charge in [0.05, 0.1) is 13.2 Å². The molecule has 0 saturated carbocycles. The normalized spacial score (nSPS) is 16.7. The van der Waals surface area contributed by atoms with Gasteiger partial charge in [0.25, 0.3) is 0 Å². The fraction of sp³-hybridized carbons (Fsp3) is 0.600. The van der Waals surface area contributed by atoms with Gasteiger partial charge in [-0.15, -0.1) is 11.8 Å². The molecule has 1 aromatic heterocycles. The summed E-state index contributed by atoms with van der Waals surface area (Å²) in [6.45, 7) is 5.56. The maximum absolute atomic E-state index is 5.31. The molecule has 0 spiro atoms. The first-order chi connectivity index (χ1) is 7.40. The molecule has 1 aromatic rings. The maximum Gasteiger partial charge on any atom is 0.133 e. The molecule has 1 fully saturated rings. The fourth-order valence-electron chi connectivity index (χ4n) is 1.52. The highest BCUT2D eigenvalue weighted by Crippen LogP contribution is 2.19. The third-order valence-corrected chi connectivity index (χ3v) is 3.06. The summed E-state index contributed by atoms with van der Waals surface area (Å²) in [5.41, 5.74) is 0. The molecule has 5 heteroatoms. The minimum absolute atomic E-state index is 0.792. The average molecular weight is 225 g/mol. The standard InChI is InChI=1S/C10H15N3OS/c1-2-15-10-7-9(11-8-12-10)13-3-5-14-6-4-13/h7-8H,2-6H2,1H3. The number of nitrogens with zero attached hydrogens (tertiary/aromatic N) is 3. The predicted octanol–water partition coefficient (Wildman–Crippen LogP) is 1.43. The molecule has 0 aromatic carbocycles. The number of rotatable bonds is 3. The molecule has 0 aliphatic carbocycles. The first kappa shape index (κ1) is 10.7. The number of morpholine rings is 1. The van der Waals surface area contributed by atoms with Crippen LogP contribution in [0.4, 0.5) is 5.82 Å². The van der Waals surface area contributed by atoms with Crippen molar-refractivity contribution in [2.75, 3.05) is 37.0 Å². The van der Waals surface area contributed by atoms with Crippen LogP contribution in [-0.4, -0.2) is 42.0 Å². The van der Waals surface area contributed by atoms with Crippen molar-refractivity contribution in [3.63, 3.8) is 0 Å². The zero-order valence-corrected chi connectivity index (χ0v) is 9.66. The quantitative estimate of drug-likeness (QED) is 0.574. The van der Waals surface area contributed by atoms with Crippen molar-refractivity contribution in [1.29, 1.82) is 0 Å². The molecule has 1 aliphatic rings. The molecule has 0 bridgehead atoms. The first-order valence-electron chi connectivity index (χ1n) is 5.17. The molecule has 4 nitrogen and oxygen atoms in total. The largest absolute Gasteiger partial charge is 0.378 e. The third-order valence-electron chi connectivity index (χ3n) is 2.25. The molecule has 0 radical (unpaired) electrons. The Kier molecular flexibility index (Phi) is 3.80. The van der Waals surface area contributed by atoms with E-state index in [1.54, 1.807) is 18.1 Å². The Morgan fingerprint density at radius 1 is 1.40 bits per heavy atom. The summed E-state index contributed by atoms with van der Waals surface area (Å²) in [5.74, 6) is 2.06. The van der Waals surface area contributed by atoms with E-state index in [1.807, 2.05) is 0 Å². The van der Waals surface area contributed by atoms with Gasteiger partial charge in [-0.2, -0.15) is 0 Å². The Morgan fingerprint density at radius 2 is 2.20 bits per heavy atom. The van der Waals surface area contributed by atoms with Crippen molar-refractivity contribution < 1.29 is 4.74 Å². The number of hydrogen-bond donors (Lipinski definition) is 0. The summed E-state index contributed by atoms with van der Waals surface area (Å²) < 4.78 is 5.31. The van der Waals surface area contributed by atoms with Gasteiger partial charge in [0, 0.05) is 19.2 Å². The van der Waals surface area contributed by atoms with Crippen LogP contribution < -0.4 is 4.90 Å². The second-order valence-electron chi connectivity index (χ2n) is 3.25. The van der Waals surface area contributed by atoms with Crippen LogP contribution in [0.15, 0.2) is 17.4 Å². The fourth-order valence-corrected chi connectivity index (χ4v) is 2.13. The Hall–Kier alpha value is -0.810. The topological polar surface area (TPSA) is 38.2 Å². The van der Waals surface area contributed by atoms with Crippen molar-refractivity contribution in [3.05, 3.63) is 12.4 Å². The SMILES string of the molecule is CCSc1cc(N2CCOCC2)ncn1. The smallest absolute Gasteiger partial charge is 0.133 e. The van der Waals surface area contributed by atoms with Crippen molar-refractivity contribution >= 4 is 17.6 Å². The summed E-state index contributed by atoms with van der Waals surface area (Å²) in [4.78, 5) is 10.8. The lowest BCUT2D eigenvalue weighted by Crippen LogP contribution is -2.36. The molecular formula is C10H15N3OS. The van der Waals surface area contributed by atoms with Gasteiger partial charge >= 0.3 is 0 Å². The van der Waals surface area contributed by atoms with Crippen LogP contribution in [0, 0.1) is 0 Å². The Labute approximate surface area is 94.1 Å². The van der Waals surface area contributed by atoms with Gasteiger partial charge in [-0.1, -0.05) is 6.92 Å². The molecule has 2 rings (SSSR count). The lowest BCUT2D eigenvalue weighted by molar-refractivity contribution is 0.122. The summed E-state index contributed by atoms with van der Waals surface area (Å²) >= 11 is 1.74. The van der Waals surface area contributed by atoms with Crippen LogP contribution in [0.2, 0.25) is 0 Å². The highest BCUT2D eigenvalue weighted by molar-refractivity contribution is 7.99. The second-order valence-corrected chi connectivity index (χ2v) is 4.53. The Bertz CT molecular complexity index is 315. The van der Waals surface area contributed by atoms with E-state index >= 15 is 0 Å². The molecule has 15 heavy (non-hydrogen) atoms. The second kappa shape index (κ2) is 5.32. The van der Waals surface area contributed by atoms with E-state index in [0.717, 1.165) is 42.9 Å². The van der Waals surface area contributed by atoms with Gasteiger partial charge in [-0.05, 0) is 5.75 Å². The molecule has 1 saturated heterocycles. The van der Waals surface area contributed by atoms with E-state index in [4.69, 9.17) is 4.74 Å². The molecule has 82 valence electrons.